The van der Waals surface area contributed by atoms with Crippen molar-refractivity contribution >= 4 is 15.6 Å². The second-order valence-corrected chi connectivity index (χ2v) is 2.57. The number of rotatable bonds is 3. The van der Waals surface area contributed by atoms with Gasteiger partial charge in [0.2, 0.25) is 0 Å². The highest BCUT2D eigenvalue weighted by Crippen LogP contribution is 1.82. The van der Waals surface area contributed by atoms with Gasteiger partial charge in [0.1, 0.15) is 0 Å². The Morgan fingerprint density at radius 2 is 2.33 bits per heavy atom. The minimum atomic E-state index is 0.318. The molecule has 0 heterocycles. The van der Waals surface area contributed by atoms with Crippen LogP contribution in [0.5, 0.6) is 0 Å². The van der Waals surface area contributed by atoms with Crippen molar-refractivity contribution in [3.05, 3.63) is 0 Å². The normalized spacial score (nSPS) is 8.33. The van der Waals surface area contributed by atoms with Gasteiger partial charge in [0, 0.05) is 7.11 Å². The topological polar surface area (TPSA) is 9.23 Å². The molecule has 0 atom stereocenters. The molecule has 0 aromatic carbocycles. The molecule has 1 radical (unpaired) electrons. The van der Waals surface area contributed by atoms with E-state index in [0.29, 0.717) is 15.6 Å². The second-order valence-electron chi connectivity index (χ2n) is 1.19. The van der Waals surface area contributed by atoms with Gasteiger partial charge in [0.05, 0.1) is 0 Å². The van der Waals surface area contributed by atoms with Crippen molar-refractivity contribution in [3.8, 4) is 0 Å². The molecule has 0 aromatic rings. The fourth-order valence-corrected chi connectivity index (χ4v) is 0.707. The fraction of sp³-hybridized carbons (Fsp3) is 1.00. The van der Waals surface area contributed by atoms with Crippen molar-refractivity contribution in [2.45, 2.75) is 18.6 Å². The van der Waals surface area contributed by atoms with Crippen molar-refractivity contribution in [2.75, 3.05) is 7.11 Å². The van der Waals surface area contributed by atoms with E-state index in [4.69, 9.17) is 3.79 Å². The predicted octanol–water partition coefficient (Wildman–Crippen LogP) is 1.08. The summed E-state index contributed by atoms with van der Waals surface area (Å²) < 4.78 is 4.87. The summed E-state index contributed by atoms with van der Waals surface area (Å²) in [4.78, 5) is 0. The summed E-state index contributed by atoms with van der Waals surface area (Å²) in [7, 11) is 1.77. The first-order valence-electron chi connectivity index (χ1n) is 2.26. The molecule has 0 bridgehead atoms. The minimum absolute atomic E-state index is 0.318. The quantitative estimate of drug-likeness (QED) is 0.382. The second kappa shape index (κ2) is 5.49. The predicted molar refractivity (Wildman–Crippen MR) is 27.9 cm³/mol. The molecule has 0 aliphatic carbocycles. The molecule has 0 fully saturated rings. The van der Waals surface area contributed by atoms with Crippen LogP contribution in [-0.2, 0) is 3.79 Å². The van der Waals surface area contributed by atoms with Gasteiger partial charge in [-0.3, -0.25) is 0 Å². The van der Waals surface area contributed by atoms with E-state index in [9.17, 15) is 0 Å². The van der Waals surface area contributed by atoms with Crippen LogP contribution < -0.4 is 0 Å². The Kier molecular flexibility index (Phi) is 5.94. The van der Waals surface area contributed by atoms with Gasteiger partial charge in [-0.1, -0.05) is 18.6 Å². The molecular weight excluding hydrogens is 91.0 g/mol. The lowest BCUT2D eigenvalue weighted by molar-refractivity contribution is 0.440. The van der Waals surface area contributed by atoms with Crippen LogP contribution in [0.15, 0.2) is 0 Å². The molecular formula is C4H10AlO. The SMILES string of the molecule is CC[CH2][Al][O]C. The van der Waals surface area contributed by atoms with Crippen LogP contribution >= 0.6 is 0 Å². The molecule has 35 valence electrons. The molecule has 0 aromatic heterocycles. The van der Waals surface area contributed by atoms with Gasteiger partial charge in [-0.25, -0.2) is 0 Å². The molecule has 0 aliphatic rings. The van der Waals surface area contributed by atoms with E-state index in [1.54, 1.807) is 7.11 Å². The van der Waals surface area contributed by atoms with Crippen LogP contribution in [0, 0.1) is 0 Å². The van der Waals surface area contributed by atoms with Crippen molar-refractivity contribution in [3.63, 3.8) is 0 Å². The molecule has 0 unspecified atom stereocenters. The zero-order valence-electron chi connectivity index (χ0n) is 4.40. The van der Waals surface area contributed by atoms with Gasteiger partial charge in [0.15, 0.2) is 0 Å². The lowest BCUT2D eigenvalue weighted by Gasteiger charge is -1.85. The molecule has 1 nitrogen and oxygen atoms in total. The highest BCUT2D eigenvalue weighted by atomic mass is 27.1. The van der Waals surface area contributed by atoms with Crippen LogP contribution in [-0.4, -0.2) is 22.7 Å². The van der Waals surface area contributed by atoms with E-state index in [1.807, 2.05) is 0 Å². The van der Waals surface area contributed by atoms with E-state index in [-0.39, 0.29) is 0 Å². The Morgan fingerprint density at radius 1 is 1.67 bits per heavy atom. The van der Waals surface area contributed by atoms with E-state index in [2.05, 4.69) is 6.92 Å². The zero-order valence-corrected chi connectivity index (χ0v) is 5.55. The summed E-state index contributed by atoms with van der Waals surface area (Å²) in [6.45, 7) is 2.17. The molecule has 2 heteroatoms. The van der Waals surface area contributed by atoms with Crippen LogP contribution in [0.4, 0.5) is 0 Å². The molecule has 6 heavy (non-hydrogen) atoms. The molecule has 0 spiro atoms. The Bertz CT molecular complexity index is 19.5. The first kappa shape index (κ1) is 6.49. The molecule has 0 rings (SSSR count). The van der Waals surface area contributed by atoms with Gasteiger partial charge in [0.25, 0.3) is 0 Å². The summed E-state index contributed by atoms with van der Waals surface area (Å²) in [6.07, 6.45) is 1.27. The highest BCUT2D eigenvalue weighted by Gasteiger charge is 1.83. The average Bonchev–Trinajstić information content (AvgIpc) is 1.61. The zero-order chi connectivity index (χ0) is 4.83. The fourth-order valence-electron chi connectivity index (χ4n) is 0.236. The molecule has 0 N–H and O–H groups in total. The Labute approximate surface area is 45.7 Å². The first-order valence-corrected chi connectivity index (χ1v) is 3.55. The van der Waals surface area contributed by atoms with Crippen molar-refractivity contribution in [1.29, 1.82) is 0 Å². The summed E-state index contributed by atoms with van der Waals surface area (Å²) in [5.41, 5.74) is 0. The van der Waals surface area contributed by atoms with Gasteiger partial charge in [-0.05, 0) is 0 Å². The summed E-state index contributed by atoms with van der Waals surface area (Å²) in [5.74, 6) is 0. The lowest BCUT2D eigenvalue weighted by Crippen LogP contribution is -1.89. The van der Waals surface area contributed by atoms with Crippen molar-refractivity contribution in [1.82, 2.24) is 0 Å². The Balaban J connectivity index is 2.34. The Hall–Kier alpha value is 0.492. The van der Waals surface area contributed by atoms with E-state index in [1.165, 1.54) is 11.7 Å². The lowest BCUT2D eigenvalue weighted by atomic mass is 10.6. The van der Waals surface area contributed by atoms with E-state index in [0.717, 1.165) is 0 Å². The van der Waals surface area contributed by atoms with Crippen molar-refractivity contribution in [2.24, 2.45) is 0 Å². The molecule has 0 saturated carbocycles. The van der Waals surface area contributed by atoms with Crippen LogP contribution in [0.3, 0.4) is 0 Å². The standard InChI is InChI=1S/C3H7.CH3O.Al/c1-3-2;1-2;/h1,3H2,2H3;1H3;/q;-1;+1. The monoisotopic (exact) mass is 101 g/mol. The van der Waals surface area contributed by atoms with Crippen LogP contribution in [0.2, 0.25) is 5.28 Å². The molecule has 0 aliphatic heterocycles. The number of hydrogen-bond acceptors (Lipinski definition) is 1. The molecule has 0 amide bonds. The molecule has 0 saturated heterocycles. The third kappa shape index (κ3) is 4.49. The van der Waals surface area contributed by atoms with Gasteiger partial charge in [-0.15, -0.1) is 0 Å². The van der Waals surface area contributed by atoms with E-state index >= 15 is 0 Å². The van der Waals surface area contributed by atoms with Crippen LogP contribution in [0.25, 0.3) is 0 Å². The highest BCUT2D eigenvalue weighted by molar-refractivity contribution is 6.26. The smallest absolute Gasteiger partial charge is 0.423 e. The van der Waals surface area contributed by atoms with Gasteiger partial charge in [-0.2, -0.15) is 0 Å². The average molecular weight is 101 g/mol. The summed E-state index contributed by atoms with van der Waals surface area (Å²) in [6, 6.07) is 0. The summed E-state index contributed by atoms with van der Waals surface area (Å²) >= 11 is 0.318. The maximum absolute atomic E-state index is 4.87. The number of hydrogen-bond donors (Lipinski definition) is 0. The Morgan fingerprint density at radius 3 is 2.50 bits per heavy atom. The maximum Gasteiger partial charge on any atom is 0.423 e. The summed E-state index contributed by atoms with van der Waals surface area (Å²) in [5, 5.41) is 1.27. The third-order valence-corrected chi connectivity index (χ3v) is 1.72. The van der Waals surface area contributed by atoms with Crippen molar-refractivity contribution < 1.29 is 3.79 Å². The third-order valence-electron chi connectivity index (χ3n) is 0.573. The van der Waals surface area contributed by atoms with Crippen LogP contribution in [0.1, 0.15) is 13.3 Å². The van der Waals surface area contributed by atoms with Gasteiger partial charge < -0.3 is 3.79 Å². The van der Waals surface area contributed by atoms with Gasteiger partial charge >= 0.3 is 15.6 Å². The maximum atomic E-state index is 4.87. The van der Waals surface area contributed by atoms with E-state index < -0.39 is 0 Å². The minimum Gasteiger partial charge on any atom is -0.509 e. The first-order chi connectivity index (χ1) is 2.91. The largest absolute Gasteiger partial charge is 0.509 e.